The summed E-state index contributed by atoms with van der Waals surface area (Å²) in [5.74, 6) is 0.735. The Kier molecular flexibility index (Phi) is 8.21. The lowest BCUT2D eigenvalue weighted by Gasteiger charge is -2.06. The minimum atomic E-state index is 0.297. The second-order valence-corrected chi connectivity index (χ2v) is 5.15. The summed E-state index contributed by atoms with van der Waals surface area (Å²) in [5, 5.41) is 12.1. The van der Waals surface area contributed by atoms with Crippen LogP contribution in [0.5, 0.6) is 0 Å². The molecule has 0 radical (unpaired) electrons. The number of unbranched alkanes of at least 4 members (excludes halogenated alkanes) is 7. The second kappa shape index (κ2) is 10.1. The van der Waals surface area contributed by atoms with Crippen molar-refractivity contribution in [3.05, 3.63) is 17.8 Å². The SMILES string of the molecule is CCCCCCCCCCNc1ccc(N)c(C#N)n1. The Labute approximate surface area is 122 Å². The Bertz CT molecular complexity index is 423. The zero-order valence-electron chi connectivity index (χ0n) is 12.5. The molecule has 0 spiro atoms. The van der Waals surface area contributed by atoms with Crippen LogP contribution in [0.1, 0.15) is 64.0 Å². The molecule has 0 fully saturated rings. The van der Waals surface area contributed by atoms with E-state index in [1.54, 1.807) is 6.07 Å². The van der Waals surface area contributed by atoms with E-state index in [0.717, 1.165) is 18.8 Å². The lowest BCUT2D eigenvalue weighted by Crippen LogP contribution is -2.05. The smallest absolute Gasteiger partial charge is 0.165 e. The molecule has 1 rings (SSSR count). The van der Waals surface area contributed by atoms with E-state index < -0.39 is 0 Å². The van der Waals surface area contributed by atoms with Crippen LogP contribution in [0, 0.1) is 11.3 Å². The maximum Gasteiger partial charge on any atom is 0.165 e. The lowest BCUT2D eigenvalue weighted by atomic mass is 10.1. The molecule has 110 valence electrons. The standard InChI is InChI=1S/C16H26N4/c1-2-3-4-5-6-7-8-9-12-19-16-11-10-14(18)15(13-17)20-16/h10-11H,2-9,12,18H2,1H3,(H,19,20). The number of nitrogens with two attached hydrogens (primary N) is 1. The Balaban J connectivity index is 2.08. The molecule has 4 heteroatoms. The van der Waals surface area contributed by atoms with Crippen molar-refractivity contribution in [2.24, 2.45) is 0 Å². The summed E-state index contributed by atoms with van der Waals surface area (Å²) in [4.78, 5) is 4.16. The van der Waals surface area contributed by atoms with Crippen LogP contribution in [0.25, 0.3) is 0 Å². The highest BCUT2D eigenvalue weighted by Gasteiger charge is 2.01. The number of nitriles is 1. The molecule has 0 aliphatic heterocycles. The van der Waals surface area contributed by atoms with Crippen molar-refractivity contribution < 1.29 is 0 Å². The van der Waals surface area contributed by atoms with Crippen LogP contribution >= 0.6 is 0 Å². The van der Waals surface area contributed by atoms with Gasteiger partial charge in [0, 0.05) is 6.54 Å². The number of pyridine rings is 1. The number of hydrogen-bond donors (Lipinski definition) is 2. The highest BCUT2D eigenvalue weighted by atomic mass is 15.0. The molecular formula is C16H26N4. The highest BCUT2D eigenvalue weighted by molar-refractivity contribution is 5.54. The van der Waals surface area contributed by atoms with Gasteiger partial charge in [-0.3, -0.25) is 0 Å². The van der Waals surface area contributed by atoms with E-state index in [9.17, 15) is 0 Å². The van der Waals surface area contributed by atoms with E-state index >= 15 is 0 Å². The summed E-state index contributed by atoms with van der Waals surface area (Å²) in [7, 11) is 0. The first-order valence-corrected chi connectivity index (χ1v) is 7.68. The predicted molar refractivity (Wildman–Crippen MR) is 84.5 cm³/mol. The summed E-state index contributed by atoms with van der Waals surface area (Å²) < 4.78 is 0. The third-order valence-electron chi connectivity index (χ3n) is 3.37. The molecule has 1 aromatic rings. The van der Waals surface area contributed by atoms with E-state index in [4.69, 9.17) is 11.0 Å². The van der Waals surface area contributed by atoms with Gasteiger partial charge in [0.2, 0.25) is 0 Å². The number of nitrogen functional groups attached to an aromatic ring is 1. The number of hydrogen-bond acceptors (Lipinski definition) is 4. The van der Waals surface area contributed by atoms with Gasteiger partial charge < -0.3 is 11.1 Å². The van der Waals surface area contributed by atoms with E-state index in [1.807, 2.05) is 12.1 Å². The van der Waals surface area contributed by atoms with Crippen molar-refractivity contribution in [2.45, 2.75) is 58.3 Å². The van der Waals surface area contributed by atoms with Crippen LogP contribution in [0.2, 0.25) is 0 Å². The molecule has 0 aliphatic carbocycles. The largest absolute Gasteiger partial charge is 0.396 e. The molecule has 0 aromatic carbocycles. The van der Waals surface area contributed by atoms with Gasteiger partial charge in [0.1, 0.15) is 11.9 Å². The van der Waals surface area contributed by atoms with Crippen LogP contribution in [0.4, 0.5) is 11.5 Å². The molecule has 20 heavy (non-hydrogen) atoms. The number of nitrogens with zero attached hydrogens (tertiary/aromatic N) is 2. The molecule has 0 bridgehead atoms. The normalized spacial score (nSPS) is 10.2. The first-order chi connectivity index (χ1) is 9.77. The summed E-state index contributed by atoms with van der Waals surface area (Å²) in [6.07, 6.45) is 10.5. The number of nitrogens with one attached hydrogen (secondary N) is 1. The van der Waals surface area contributed by atoms with Gasteiger partial charge in [0.25, 0.3) is 0 Å². The monoisotopic (exact) mass is 274 g/mol. The predicted octanol–water partition coefficient (Wildman–Crippen LogP) is 4.09. The average Bonchev–Trinajstić information content (AvgIpc) is 2.47. The van der Waals surface area contributed by atoms with Crippen molar-refractivity contribution in [1.29, 1.82) is 5.26 Å². The third kappa shape index (κ3) is 6.42. The van der Waals surface area contributed by atoms with Crippen LogP contribution in [0.15, 0.2) is 12.1 Å². The summed E-state index contributed by atoms with van der Waals surface area (Å²) in [5.41, 5.74) is 6.36. The molecular weight excluding hydrogens is 248 g/mol. The molecule has 4 nitrogen and oxygen atoms in total. The molecule has 1 aromatic heterocycles. The number of anilines is 2. The van der Waals surface area contributed by atoms with E-state index in [2.05, 4.69) is 17.2 Å². The fourth-order valence-electron chi connectivity index (χ4n) is 2.13. The van der Waals surface area contributed by atoms with Gasteiger partial charge in [-0.1, -0.05) is 51.9 Å². The van der Waals surface area contributed by atoms with Crippen molar-refractivity contribution >= 4 is 11.5 Å². The van der Waals surface area contributed by atoms with Crippen molar-refractivity contribution in [2.75, 3.05) is 17.6 Å². The van der Waals surface area contributed by atoms with Crippen molar-refractivity contribution in [3.8, 4) is 6.07 Å². The third-order valence-corrected chi connectivity index (χ3v) is 3.37. The molecule has 1 heterocycles. The van der Waals surface area contributed by atoms with Gasteiger partial charge in [0.05, 0.1) is 5.69 Å². The van der Waals surface area contributed by atoms with Gasteiger partial charge in [-0.05, 0) is 18.6 Å². The van der Waals surface area contributed by atoms with E-state index in [0.29, 0.717) is 11.4 Å². The fraction of sp³-hybridized carbons (Fsp3) is 0.625. The Morgan fingerprint density at radius 2 is 1.75 bits per heavy atom. The van der Waals surface area contributed by atoms with Gasteiger partial charge in [-0.25, -0.2) is 4.98 Å². The van der Waals surface area contributed by atoms with Crippen LogP contribution in [0.3, 0.4) is 0 Å². The molecule has 0 unspecified atom stereocenters. The van der Waals surface area contributed by atoms with Crippen LogP contribution < -0.4 is 11.1 Å². The van der Waals surface area contributed by atoms with Gasteiger partial charge in [-0.2, -0.15) is 5.26 Å². The van der Waals surface area contributed by atoms with Crippen molar-refractivity contribution in [1.82, 2.24) is 4.98 Å². The molecule has 3 N–H and O–H groups in total. The van der Waals surface area contributed by atoms with E-state index in [-0.39, 0.29) is 0 Å². The fourth-order valence-corrected chi connectivity index (χ4v) is 2.13. The minimum absolute atomic E-state index is 0.297. The molecule has 0 amide bonds. The van der Waals surface area contributed by atoms with E-state index in [1.165, 1.54) is 44.9 Å². The molecule has 0 saturated carbocycles. The summed E-state index contributed by atoms with van der Waals surface area (Å²) >= 11 is 0. The molecule has 0 saturated heterocycles. The maximum absolute atomic E-state index is 8.85. The first kappa shape index (κ1) is 16.3. The molecule has 0 aliphatic rings. The van der Waals surface area contributed by atoms with Crippen molar-refractivity contribution in [3.63, 3.8) is 0 Å². The Hall–Kier alpha value is -1.76. The Morgan fingerprint density at radius 3 is 2.40 bits per heavy atom. The average molecular weight is 274 g/mol. The van der Waals surface area contributed by atoms with Crippen LogP contribution in [-0.2, 0) is 0 Å². The summed E-state index contributed by atoms with van der Waals surface area (Å²) in [6.45, 7) is 3.14. The quantitative estimate of drug-likeness (QED) is 0.630. The van der Waals surface area contributed by atoms with Crippen LogP contribution in [-0.4, -0.2) is 11.5 Å². The lowest BCUT2D eigenvalue weighted by molar-refractivity contribution is 0.581. The zero-order chi connectivity index (χ0) is 14.6. The topological polar surface area (TPSA) is 74.7 Å². The minimum Gasteiger partial charge on any atom is -0.396 e. The second-order valence-electron chi connectivity index (χ2n) is 5.15. The highest BCUT2D eigenvalue weighted by Crippen LogP contribution is 2.12. The number of aromatic nitrogens is 1. The van der Waals surface area contributed by atoms with Gasteiger partial charge >= 0.3 is 0 Å². The summed E-state index contributed by atoms with van der Waals surface area (Å²) in [6, 6.07) is 5.54. The zero-order valence-corrected chi connectivity index (χ0v) is 12.5. The molecule has 0 atom stereocenters. The van der Waals surface area contributed by atoms with Gasteiger partial charge in [0.15, 0.2) is 5.69 Å². The van der Waals surface area contributed by atoms with Gasteiger partial charge in [-0.15, -0.1) is 0 Å². The number of rotatable bonds is 10. The first-order valence-electron chi connectivity index (χ1n) is 7.68. The maximum atomic E-state index is 8.85. The Morgan fingerprint density at radius 1 is 1.10 bits per heavy atom.